The Labute approximate surface area is 137 Å². The third-order valence-electron chi connectivity index (χ3n) is 5.06. The number of fused-ring (bicyclic) bond motifs is 1. The van der Waals surface area contributed by atoms with Crippen molar-refractivity contribution in [2.24, 2.45) is 0 Å². The number of carbonyl (C=O) groups is 1. The van der Waals surface area contributed by atoms with Gasteiger partial charge in [0.25, 0.3) is 0 Å². The summed E-state index contributed by atoms with van der Waals surface area (Å²) in [4.78, 5) is 14.1. The topological polar surface area (TPSA) is 50.8 Å². The number of nitrogens with one attached hydrogen (secondary N) is 1. The number of ether oxygens (including phenoxy) is 2. The lowest BCUT2D eigenvalue weighted by Gasteiger charge is -2.28. The van der Waals surface area contributed by atoms with Crippen LogP contribution in [0.5, 0.6) is 5.75 Å². The Morgan fingerprint density at radius 1 is 1.43 bits per heavy atom. The summed E-state index contributed by atoms with van der Waals surface area (Å²) in [6.07, 6.45) is 4.30. The van der Waals surface area contributed by atoms with Crippen molar-refractivity contribution in [3.63, 3.8) is 0 Å². The highest BCUT2D eigenvalue weighted by molar-refractivity contribution is 5.74. The molecule has 1 saturated heterocycles. The number of carbonyl (C=O) groups excluding carboxylic acids is 1. The summed E-state index contributed by atoms with van der Waals surface area (Å²) in [7, 11) is 3.55. The molecule has 0 spiro atoms. The van der Waals surface area contributed by atoms with Gasteiger partial charge in [0.2, 0.25) is 0 Å². The number of urea groups is 1. The third-order valence-corrected chi connectivity index (χ3v) is 5.06. The van der Waals surface area contributed by atoms with Gasteiger partial charge in [0, 0.05) is 26.1 Å². The monoisotopic (exact) mass is 318 g/mol. The molecule has 23 heavy (non-hydrogen) atoms. The number of benzene rings is 1. The van der Waals surface area contributed by atoms with E-state index in [-0.39, 0.29) is 12.1 Å². The van der Waals surface area contributed by atoms with E-state index in [4.69, 9.17) is 9.47 Å². The lowest BCUT2D eigenvalue weighted by Crippen LogP contribution is -2.45. The Morgan fingerprint density at radius 2 is 2.30 bits per heavy atom. The summed E-state index contributed by atoms with van der Waals surface area (Å²) in [5, 5.41) is 3.10. The van der Waals surface area contributed by atoms with Crippen LogP contribution in [0.2, 0.25) is 0 Å². The number of rotatable bonds is 4. The van der Waals surface area contributed by atoms with E-state index in [2.05, 4.69) is 17.4 Å². The fourth-order valence-electron chi connectivity index (χ4n) is 3.56. The van der Waals surface area contributed by atoms with Crippen LogP contribution < -0.4 is 10.1 Å². The number of amides is 2. The van der Waals surface area contributed by atoms with E-state index in [0.29, 0.717) is 19.1 Å². The summed E-state index contributed by atoms with van der Waals surface area (Å²) < 4.78 is 10.7. The molecule has 0 bridgehead atoms. The molecule has 1 aliphatic carbocycles. The quantitative estimate of drug-likeness (QED) is 0.928. The van der Waals surface area contributed by atoms with Crippen molar-refractivity contribution in [1.29, 1.82) is 0 Å². The maximum Gasteiger partial charge on any atom is 0.317 e. The molecule has 0 radical (unpaired) electrons. The molecule has 1 aliphatic heterocycles. The Balaban J connectivity index is 1.60. The Bertz CT molecular complexity index is 555. The normalized spacial score (nSPS) is 23.2. The third kappa shape index (κ3) is 3.61. The van der Waals surface area contributed by atoms with Gasteiger partial charge in [-0.25, -0.2) is 4.79 Å². The first-order valence-electron chi connectivity index (χ1n) is 8.44. The van der Waals surface area contributed by atoms with Crippen molar-refractivity contribution in [3.05, 3.63) is 29.3 Å². The fourth-order valence-corrected chi connectivity index (χ4v) is 3.56. The molecule has 3 rings (SSSR count). The predicted molar refractivity (Wildman–Crippen MR) is 89.1 cm³/mol. The van der Waals surface area contributed by atoms with Gasteiger partial charge in [-0.3, -0.25) is 0 Å². The number of hydrogen-bond donors (Lipinski definition) is 1. The van der Waals surface area contributed by atoms with Gasteiger partial charge in [-0.2, -0.15) is 0 Å². The molecule has 1 heterocycles. The van der Waals surface area contributed by atoms with E-state index in [0.717, 1.165) is 38.0 Å². The van der Waals surface area contributed by atoms with Crippen molar-refractivity contribution in [1.82, 2.24) is 10.2 Å². The van der Waals surface area contributed by atoms with Crippen molar-refractivity contribution >= 4 is 6.03 Å². The maximum absolute atomic E-state index is 12.3. The Morgan fingerprint density at radius 3 is 3.04 bits per heavy atom. The molecule has 1 fully saturated rings. The van der Waals surface area contributed by atoms with Crippen LogP contribution in [0.4, 0.5) is 4.79 Å². The molecular weight excluding hydrogens is 292 g/mol. The Hall–Kier alpha value is -1.75. The van der Waals surface area contributed by atoms with Crippen molar-refractivity contribution in [2.75, 3.05) is 33.9 Å². The summed E-state index contributed by atoms with van der Waals surface area (Å²) in [6.45, 7) is 2.09. The second-order valence-electron chi connectivity index (χ2n) is 6.47. The Kier molecular flexibility index (Phi) is 5.06. The van der Waals surface area contributed by atoms with Crippen molar-refractivity contribution in [3.8, 4) is 5.75 Å². The molecule has 2 atom stereocenters. The van der Waals surface area contributed by atoms with Gasteiger partial charge in [-0.15, -0.1) is 0 Å². The molecule has 5 heteroatoms. The molecule has 126 valence electrons. The molecule has 1 N–H and O–H groups in total. The molecule has 5 nitrogen and oxygen atoms in total. The lowest BCUT2D eigenvalue weighted by atomic mass is 9.82. The second kappa shape index (κ2) is 7.21. The lowest BCUT2D eigenvalue weighted by molar-refractivity contribution is 0.157. The van der Waals surface area contributed by atoms with E-state index < -0.39 is 0 Å². The highest BCUT2D eigenvalue weighted by Gasteiger charge is 2.26. The van der Waals surface area contributed by atoms with Crippen LogP contribution in [0.15, 0.2) is 18.2 Å². The zero-order chi connectivity index (χ0) is 16.2. The van der Waals surface area contributed by atoms with Crippen LogP contribution in [-0.4, -0.2) is 50.9 Å². The smallest absolute Gasteiger partial charge is 0.317 e. The number of methoxy groups -OCH3 is 1. The minimum atomic E-state index is 0.00105. The van der Waals surface area contributed by atoms with Crippen LogP contribution in [0, 0.1) is 0 Å². The number of aryl methyl sites for hydroxylation is 1. The molecule has 0 unspecified atom stereocenters. The number of likely N-dealkylation sites (N-methyl/N-ethyl adjacent to an activating group) is 1. The van der Waals surface area contributed by atoms with Gasteiger partial charge < -0.3 is 19.7 Å². The molecular formula is C18H26N2O3. The van der Waals surface area contributed by atoms with Crippen molar-refractivity contribution in [2.45, 2.75) is 37.6 Å². The first-order valence-corrected chi connectivity index (χ1v) is 8.44. The standard InChI is InChI=1S/C18H26N2O3/c1-20(15-8-9-23-12-15)18(21)19-11-14-5-3-4-13-10-16(22-2)6-7-17(13)14/h6-7,10,14-15H,3-5,8-9,11-12H2,1-2H3,(H,19,21)/t14-,15+/m0/s1. The largest absolute Gasteiger partial charge is 0.497 e. The summed E-state index contributed by atoms with van der Waals surface area (Å²) in [6, 6.07) is 6.50. The molecule has 0 aromatic heterocycles. The minimum absolute atomic E-state index is 0.00105. The predicted octanol–water partition coefficient (Wildman–Crippen LogP) is 2.55. The molecule has 0 saturated carbocycles. The van der Waals surface area contributed by atoms with Gasteiger partial charge in [0.05, 0.1) is 19.8 Å². The highest BCUT2D eigenvalue weighted by Crippen LogP contribution is 2.33. The number of nitrogens with zero attached hydrogens (tertiary/aromatic N) is 1. The van der Waals surface area contributed by atoms with Crippen LogP contribution in [0.25, 0.3) is 0 Å². The molecule has 1 aromatic rings. The van der Waals surface area contributed by atoms with Gasteiger partial charge in [-0.1, -0.05) is 6.07 Å². The highest BCUT2D eigenvalue weighted by atomic mass is 16.5. The van der Waals surface area contributed by atoms with Gasteiger partial charge in [0.1, 0.15) is 5.75 Å². The van der Waals surface area contributed by atoms with Crippen LogP contribution in [0.1, 0.15) is 36.3 Å². The van der Waals surface area contributed by atoms with Gasteiger partial charge >= 0.3 is 6.03 Å². The average Bonchev–Trinajstić information content (AvgIpc) is 3.12. The van der Waals surface area contributed by atoms with Crippen molar-refractivity contribution < 1.29 is 14.3 Å². The molecule has 1 aromatic carbocycles. The van der Waals surface area contributed by atoms with E-state index in [1.807, 2.05) is 13.1 Å². The zero-order valence-electron chi connectivity index (χ0n) is 14.0. The van der Waals surface area contributed by atoms with Gasteiger partial charge in [0.15, 0.2) is 0 Å². The van der Waals surface area contributed by atoms with E-state index >= 15 is 0 Å². The SMILES string of the molecule is COc1ccc2c(c1)CCC[C@H]2CNC(=O)N(C)[C@@H]1CCOC1. The van der Waals surface area contributed by atoms with Crippen LogP contribution in [0.3, 0.4) is 0 Å². The number of hydrogen-bond acceptors (Lipinski definition) is 3. The van der Waals surface area contributed by atoms with Crippen LogP contribution in [-0.2, 0) is 11.2 Å². The second-order valence-corrected chi connectivity index (χ2v) is 6.47. The summed E-state index contributed by atoms with van der Waals surface area (Å²) >= 11 is 0. The van der Waals surface area contributed by atoms with Gasteiger partial charge in [-0.05, 0) is 48.9 Å². The fraction of sp³-hybridized carbons (Fsp3) is 0.611. The first kappa shape index (κ1) is 16.1. The molecule has 2 aliphatic rings. The average molecular weight is 318 g/mol. The van der Waals surface area contributed by atoms with E-state index in [1.165, 1.54) is 11.1 Å². The maximum atomic E-state index is 12.3. The van der Waals surface area contributed by atoms with E-state index in [9.17, 15) is 4.79 Å². The van der Waals surface area contributed by atoms with Crippen LogP contribution >= 0.6 is 0 Å². The summed E-state index contributed by atoms with van der Waals surface area (Å²) in [5.41, 5.74) is 2.71. The summed E-state index contributed by atoms with van der Waals surface area (Å²) in [5.74, 6) is 1.30. The zero-order valence-corrected chi connectivity index (χ0v) is 14.0. The van der Waals surface area contributed by atoms with E-state index in [1.54, 1.807) is 12.0 Å². The first-order chi connectivity index (χ1) is 11.2. The minimum Gasteiger partial charge on any atom is -0.497 e. The molecule has 2 amide bonds.